The van der Waals surface area contributed by atoms with Crippen LogP contribution in [0.1, 0.15) is 54.4 Å². The average molecular weight is 330 g/mol. The van der Waals surface area contributed by atoms with E-state index < -0.39 is 9.05 Å². The minimum atomic E-state index is -3.83. The number of benzene rings is 1. The van der Waals surface area contributed by atoms with Crippen molar-refractivity contribution in [2.24, 2.45) is 0 Å². The van der Waals surface area contributed by atoms with Gasteiger partial charge in [0.05, 0.1) is 4.90 Å². The Labute approximate surface area is 130 Å². The van der Waals surface area contributed by atoms with Crippen LogP contribution in [-0.2, 0) is 9.05 Å². The Balaban J connectivity index is 2.17. The summed E-state index contributed by atoms with van der Waals surface area (Å²) in [6.07, 6.45) is 6.65. The fourth-order valence-electron chi connectivity index (χ4n) is 2.71. The zero-order chi connectivity index (χ0) is 15.5. The molecule has 0 heterocycles. The van der Waals surface area contributed by atoms with Crippen molar-refractivity contribution in [1.82, 2.24) is 5.32 Å². The molecule has 1 amide bonds. The van der Waals surface area contributed by atoms with E-state index in [1.165, 1.54) is 25.0 Å². The molecule has 1 saturated carbocycles. The highest BCUT2D eigenvalue weighted by Gasteiger charge is 2.18. The Kier molecular flexibility index (Phi) is 5.27. The molecule has 0 saturated heterocycles. The normalized spacial score (nSPS) is 17.2. The largest absolute Gasteiger partial charge is 0.349 e. The molecule has 21 heavy (non-hydrogen) atoms. The SMILES string of the molecule is Cc1cc(C(=O)NC2CCCCCC2)cc(S(=O)(=O)Cl)c1. The number of hydrogen-bond donors (Lipinski definition) is 1. The second-order valence-electron chi connectivity index (χ2n) is 5.63. The fourth-order valence-corrected chi connectivity index (χ4v) is 3.57. The van der Waals surface area contributed by atoms with Gasteiger partial charge in [0.2, 0.25) is 0 Å². The quantitative estimate of drug-likeness (QED) is 0.683. The third kappa shape index (κ3) is 4.71. The minimum absolute atomic E-state index is 0.0322. The molecule has 1 N–H and O–H groups in total. The summed E-state index contributed by atoms with van der Waals surface area (Å²) in [5.41, 5.74) is 1.04. The van der Waals surface area contributed by atoms with Crippen LogP contribution in [0.3, 0.4) is 0 Å². The second kappa shape index (κ2) is 6.79. The van der Waals surface area contributed by atoms with Crippen LogP contribution < -0.4 is 5.32 Å². The van der Waals surface area contributed by atoms with Crippen molar-refractivity contribution in [3.8, 4) is 0 Å². The van der Waals surface area contributed by atoms with Crippen molar-refractivity contribution in [2.75, 3.05) is 0 Å². The van der Waals surface area contributed by atoms with Crippen molar-refractivity contribution >= 4 is 25.6 Å². The molecule has 4 nitrogen and oxygen atoms in total. The van der Waals surface area contributed by atoms with Gasteiger partial charge >= 0.3 is 0 Å². The third-order valence-electron chi connectivity index (χ3n) is 3.78. The molecule has 0 aromatic heterocycles. The first-order valence-electron chi connectivity index (χ1n) is 7.23. The summed E-state index contributed by atoms with van der Waals surface area (Å²) in [7, 11) is 1.53. The van der Waals surface area contributed by atoms with Crippen LogP contribution in [-0.4, -0.2) is 20.4 Å². The van der Waals surface area contributed by atoms with Crippen LogP contribution in [0.2, 0.25) is 0 Å². The van der Waals surface area contributed by atoms with E-state index in [0.717, 1.165) is 25.7 Å². The summed E-state index contributed by atoms with van der Waals surface area (Å²) in [5.74, 6) is -0.229. The van der Waals surface area contributed by atoms with Crippen molar-refractivity contribution in [2.45, 2.75) is 56.4 Å². The minimum Gasteiger partial charge on any atom is -0.349 e. The summed E-state index contributed by atoms with van der Waals surface area (Å²) < 4.78 is 22.9. The molecule has 0 aliphatic heterocycles. The first-order chi connectivity index (χ1) is 9.86. The number of hydrogen-bond acceptors (Lipinski definition) is 3. The maximum atomic E-state index is 12.3. The molecule has 6 heteroatoms. The Morgan fingerprint density at radius 1 is 1.14 bits per heavy atom. The van der Waals surface area contributed by atoms with E-state index >= 15 is 0 Å². The van der Waals surface area contributed by atoms with E-state index in [4.69, 9.17) is 10.7 Å². The summed E-state index contributed by atoms with van der Waals surface area (Å²) in [6, 6.07) is 4.65. The predicted octanol–water partition coefficient (Wildman–Crippen LogP) is 3.38. The summed E-state index contributed by atoms with van der Waals surface area (Å²) in [4.78, 5) is 12.3. The van der Waals surface area contributed by atoms with Crippen LogP contribution in [0.5, 0.6) is 0 Å². The van der Waals surface area contributed by atoms with Gasteiger partial charge in [-0.1, -0.05) is 25.7 Å². The second-order valence-corrected chi connectivity index (χ2v) is 8.20. The van der Waals surface area contributed by atoms with E-state index in [1.54, 1.807) is 13.0 Å². The molecule has 1 aliphatic carbocycles. The summed E-state index contributed by atoms with van der Waals surface area (Å²) in [5, 5.41) is 3.00. The van der Waals surface area contributed by atoms with Crippen molar-refractivity contribution < 1.29 is 13.2 Å². The van der Waals surface area contributed by atoms with Gasteiger partial charge in [0, 0.05) is 22.3 Å². The molecule has 1 aliphatic rings. The zero-order valence-corrected chi connectivity index (χ0v) is 13.6. The van der Waals surface area contributed by atoms with E-state index in [2.05, 4.69) is 5.32 Å². The Morgan fingerprint density at radius 2 is 1.76 bits per heavy atom. The van der Waals surface area contributed by atoms with Crippen LogP contribution in [0.15, 0.2) is 23.1 Å². The van der Waals surface area contributed by atoms with Gasteiger partial charge in [-0.25, -0.2) is 8.42 Å². The number of rotatable bonds is 3. The molecule has 0 bridgehead atoms. The lowest BCUT2D eigenvalue weighted by Crippen LogP contribution is -2.34. The van der Waals surface area contributed by atoms with Gasteiger partial charge in [0.1, 0.15) is 0 Å². The lowest BCUT2D eigenvalue weighted by molar-refractivity contribution is 0.0933. The monoisotopic (exact) mass is 329 g/mol. The van der Waals surface area contributed by atoms with Crippen molar-refractivity contribution in [3.05, 3.63) is 29.3 Å². The molecule has 116 valence electrons. The standard InChI is InChI=1S/C15H20ClNO3S/c1-11-8-12(10-14(9-11)21(16,19)20)15(18)17-13-6-4-2-3-5-7-13/h8-10,13H,2-7H2,1H3,(H,17,18). The molecular weight excluding hydrogens is 310 g/mol. The summed E-state index contributed by atoms with van der Waals surface area (Å²) >= 11 is 0. The highest BCUT2D eigenvalue weighted by atomic mass is 35.7. The summed E-state index contributed by atoms with van der Waals surface area (Å²) in [6.45, 7) is 1.74. The lowest BCUT2D eigenvalue weighted by Gasteiger charge is -2.16. The molecule has 0 spiro atoms. The van der Waals surface area contributed by atoms with Crippen LogP contribution >= 0.6 is 10.7 Å². The van der Waals surface area contributed by atoms with E-state index in [9.17, 15) is 13.2 Å². The Hall–Kier alpha value is -1.07. The van der Waals surface area contributed by atoms with Gasteiger partial charge < -0.3 is 5.32 Å². The van der Waals surface area contributed by atoms with Gasteiger partial charge in [-0.2, -0.15) is 0 Å². The maximum absolute atomic E-state index is 12.3. The topological polar surface area (TPSA) is 63.2 Å². The molecule has 1 aromatic carbocycles. The average Bonchev–Trinajstić information content (AvgIpc) is 2.65. The first-order valence-corrected chi connectivity index (χ1v) is 9.54. The third-order valence-corrected chi connectivity index (χ3v) is 5.12. The van der Waals surface area contributed by atoms with E-state index in [0.29, 0.717) is 11.1 Å². The molecule has 0 atom stereocenters. The van der Waals surface area contributed by atoms with Gasteiger partial charge in [-0.3, -0.25) is 4.79 Å². The highest BCUT2D eigenvalue weighted by molar-refractivity contribution is 8.13. The smallest absolute Gasteiger partial charge is 0.261 e. The number of amides is 1. The first kappa shape index (κ1) is 16.3. The van der Waals surface area contributed by atoms with E-state index in [-0.39, 0.29) is 16.8 Å². The van der Waals surface area contributed by atoms with Crippen LogP contribution in [0, 0.1) is 6.92 Å². The number of carbonyl (C=O) groups is 1. The highest BCUT2D eigenvalue weighted by Crippen LogP contribution is 2.20. The Morgan fingerprint density at radius 3 is 2.33 bits per heavy atom. The van der Waals surface area contributed by atoms with Crippen molar-refractivity contribution in [1.29, 1.82) is 0 Å². The lowest BCUT2D eigenvalue weighted by atomic mass is 10.1. The van der Waals surface area contributed by atoms with Gasteiger partial charge in [0.25, 0.3) is 15.0 Å². The number of carbonyl (C=O) groups excluding carboxylic acids is 1. The predicted molar refractivity (Wildman–Crippen MR) is 83.2 cm³/mol. The zero-order valence-electron chi connectivity index (χ0n) is 12.1. The van der Waals surface area contributed by atoms with Gasteiger partial charge in [-0.05, 0) is 43.5 Å². The molecule has 2 rings (SSSR count). The van der Waals surface area contributed by atoms with Gasteiger partial charge in [0.15, 0.2) is 0 Å². The fraction of sp³-hybridized carbons (Fsp3) is 0.533. The molecular formula is C15H20ClNO3S. The van der Waals surface area contributed by atoms with E-state index in [1.807, 2.05) is 0 Å². The van der Waals surface area contributed by atoms with Gasteiger partial charge in [-0.15, -0.1) is 0 Å². The van der Waals surface area contributed by atoms with Crippen LogP contribution in [0.25, 0.3) is 0 Å². The number of nitrogens with one attached hydrogen (secondary N) is 1. The van der Waals surface area contributed by atoms with Crippen LogP contribution in [0.4, 0.5) is 0 Å². The molecule has 0 unspecified atom stereocenters. The molecule has 0 radical (unpaired) electrons. The molecule has 1 fully saturated rings. The van der Waals surface area contributed by atoms with Crippen molar-refractivity contribution in [3.63, 3.8) is 0 Å². The number of halogens is 1. The molecule has 1 aromatic rings. The Bertz CT molecular complexity index is 620. The maximum Gasteiger partial charge on any atom is 0.261 e. The number of aryl methyl sites for hydroxylation is 1.